The summed E-state index contributed by atoms with van der Waals surface area (Å²) in [4.78, 5) is 36.0. The number of rotatable bonds is 6. The third-order valence-corrected chi connectivity index (χ3v) is 4.71. The molecule has 0 unspecified atom stereocenters. The first kappa shape index (κ1) is 21.2. The molecule has 164 valence electrons. The molecule has 0 fully saturated rings. The monoisotopic (exact) mass is 444 g/mol. The van der Waals surface area contributed by atoms with Crippen LogP contribution in [0.5, 0.6) is 5.88 Å². The third kappa shape index (κ3) is 4.00. The maximum absolute atomic E-state index is 12.8. The Bertz CT molecular complexity index is 1340. The number of hydrogen-bond donors (Lipinski definition) is 3. The van der Waals surface area contributed by atoms with E-state index >= 15 is 0 Å². The van der Waals surface area contributed by atoms with Gasteiger partial charge in [-0.25, -0.2) is 9.59 Å². The van der Waals surface area contributed by atoms with Crippen LogP contribution in [0.25, 0.3) is 11.8 Å². The van der Waals surface area contributed by atoms with Crippen LogP contribution in [0.2, 0.25) is 0 Å². The molecule has 10 heteroatoms. The highest BCUT2D eigenvalue weighted by molar-refractivity contribution is 6.52. The minimum Gasteiger partial charge on any atom is -0.493 e. The molecule has 0 spiro atoms. The molecule has 3 N–H and O–H groups in total. The summed E-state index contributed by atoms with van der Waals surface area (Å²) in [5, 5.41) is 38.3. The van der Waals surface area contributed by atoms with E-state index in [0.717, 1.165) is 9.69 Å². The van der Waals surface area contributed by atoms with Gasteiger partial charge in [0, 0.05) is 0 Å². The molecule has 1 aliphatic rings. The molecule has 2 aromatic carbocycles. The summed E-state index contributed by atoms with van der Waals surface area (Å²) in [6.07, 6.45) is 3.69. The first-order valence-electron chi connectivity index (χ1n) is 9.59. The van der Waals surface area contributed by atoms with Gasteiger partial charge in [0.25, 0.3) is 5.91 Å². The number of hydrazone groups is 1. The molecule has 0 aliphatic carbocycles. The molecule has 33 heavy (non-hydrogen) atoms. The number of carbonyl (C=O) groups is 3. The van der Waals surface area contributed by atoms with E-state index < -0.39 is 35.1 Å². The molecule has 10 nitrogen and oxygen atoms in total. The van der Waals surface area contributed by atoms with Crippen molar-refractivity contribution in [2.45, 2.75) is 0 Å². The topological polar surface area (TPSA) is 145 Å². The zero-order chi connectivity index (χ0) is 23.5. The molecule has 0 atom stereocenters. The summed E-state index contributed by atoms with van der Waals surface area (Å²) in [6, 6.07) is 16.8. The Morgan fingerprint density at radius 3 is 2.06 bits per heavy atom. The van der Waals surface area contributed by atoms with Crippen LogP contribution in [-0.2, 0) is 9.59 Å². The number of allylic oxidation sites excluding steroid dienone is 2. The maximum Gasteiger partial charge on any atom is 0.357 e. The number of aromatic carboxylic acids is 1. The quantitative estimate of drug-likeness (QED) is 0.496. The third-order valence-electron chi connectivity index (χ3n) is 4.71. The molecular formula is C23H16N4O6. The second-order valence-electron chi connectivity index (χ2n) is 6.78. The van der Waals surface area contributed by atoms with Crippen molar-refractivity contribution in [3.8, 4) is 11.6 Å². The number of hydrogen-bond acceptors (Lipinski definition) is 6. The molecule has 4 rings (SSSR count). The van der Waals surface area contributed by atoms with Crippen LogP contribution in [0, 0.1) is 0 Å². The second-order valence-corrected chi connectivity index (χ2v) is 6.78. The largest absolute Gasteiger partial charge is 0.493 e. The van der Waals surface area contributed by atoms with E-state index in [0.29, 0.717) is 11.4 Å². The maximum atomic E-state index is 12.8. The van der Waals surface area contributed by atoms with Crippen LogP contribution in [0.15, 0.2) is 83.5 Å². The summed E-state index contributed by atoms with van der Waals surface area (Å²) in [5.41, 5.74) is -0.349. The molecule has 2 heterocycles. The van der Waals surface area contributed by atoms with Crippen molar-refractivity contribution in [1.29, 1.82) is 0 Å². The van der Waals surface area contributed by atoms with Crippen molar-refractivity contribution in [3.05, 3.63) is 89.6 Å². The van der Waals surface area contributed by atoms with Gasteiger partial charge in [0.05, 0.1) is 22.5 Å². The van der Waals surface area contributed by atoms with Crippen LogP contribution in [0.4, 0.5) is 5.69 Å². The Labute approximate surface area is 186 Å². The SMILES string of the molecule is O=C(O)C1=NN(c2ccccc2)C(=O)C1=CC=Cc1c(C(=O)O)nn(-c2ccccc2)c1O. The van der Waals surface area contributed by atoms with E-state index in [2.05, 4.69) is 10.2 Å². The molecule has 0 saturated heterocycles. The average Bonchev–Trinajstić information content (AvgIpc) is 3.32. The zero-order valence-electron chi connectivity index (χ0n) is 16.9. The second kappa shape index (κ2) is 8.63. The van der Waals surface area contributed by atoms with E-state index in [1.54, 1.807) is 60.7 Å². The van der Waals surface area contributed by atoms with E-state index in [4.69, 9.17) is 0 Å². The van der Waals surface area contributed by atoms with Gasteiger partial charge < -0.3 is 15.3 Å². The highest BCUT2D eigenvalue weighted by Crippen LogP contribution is 2.27. The number of amides is 1. The highest BCUT2D eigenvalue weighted by atomic mass is 16.4. The number of anilines is 1. The predicted octanol–water partition coefficient (Wildman–Crippen LogP) is 2.70. The summed E-state index contributed by atoms with van der Waals surface area (Å²) in [5.74, 6) is -3.85. The Hall–Kier alpha value is -4.99. The van der Waals surface area contributed by atoms with E-state index in [1.165, 1.54) is 18.2 Å². The zero-order valence-corrected chi connectivity index (χ0v) is 16.9. The lowest BCUT2D eigenvalue weighted by molar-refractivity contribution is -0.129. The number of benzene rings is 2. The molecular weight excluding hydrogens is 428 g/mol. The summed E-state index contributed by atoms with van der Waals surface area (Å²) in [7, 11) is 0. The average molecular weight is 444 g/mol. The number of carboxylic acid groups (broad SMARTS) is 2. The molecule has 0 radical (unpaired) electrons. The fourth-order valence-electron chi connectivity index (χ4n) is 3.19. The van der Waals surface area contributed by atoms with Crippen molar-refractivity contribution in [1.82, 2.24) is 9.78 Å². The van der Waals surface area contributed by atoms with Gasteiger partial charge in [-0.3, -0.25) is 4.79 Å². The molecule has 0 bridgehead atoms. The van der Waals surface area contributed by atoms with Crippen molar-refractivity contribution in [2.75, 3.05) is 5.01 Å². The van der Waals surface area contributed by atoms with Gasteiger partial charge in [0.1, 0.15) is 0 Å². The number of aromatic hydroxyl groups is 1. The van der Waals surface area contributed by atoms with Gasteiger partial charge in [-0.2, -0.15) is 19.9 Å². The van der Waals surface area contributed by atoms with Crippen LogP contribution in [-0.4, -0.2) is 48.7 Å². The summed E-state index contributed by atoms with van der Waals surface area (Å²) < 4.78 is 1.07. The van der Waals surface area contributed by atoms with Gasteiger partial charge in [-0.15, -0.1) is 0 Å². The standard InChI is InChI=1S/C23H16N4O6/c28-20-16(18(22(30)31)24-26(20)14-8-3-1-4-9-14)12-7-13-17-19(23(32)33)25-27(21(17)29)15-10-5-2-6-11-15/h1-13,28H,(H,30,31)(H,32,33). The van der Waals surface area contributed by atoms with E-state index in [-0.39, 0.29) is 11.1 Å². The molecule has 3 aromatic rings. The Morgan fingerprint density at radius 1 is 0.879 bits per heavy atom. The molecule has 1 aliphatic heterocycles. The van der Waals surface area contributed by atoms with Gasteiger partial charge >= 0.3 is 11.9 Å². The summed E-state index contributed by atoms with van der Waals surface area (Å²) in [6.45, 7) is 0. The number of carboxylic acids is 2. The fourth-order valence-corrected chi connectivity index (χ4v) is 3.19. The van der Waals surface area contributed by atoms with Crippen LogP contribution in [0.1, 0.15) is 16.1 Å². The summed E-state index contributed by atoms with van der Waals surface area (Å²) >= 11 is 0. The molecule has 0 saturated carbocycles. The lowest BCUT2D eigenvalue weighted by atomic mass is 10.1. The highest BCUT2D eigenvalue weighted by Gasteiger charge is 2.34. The van der Waals surface area contributed by atoms with Crippen molar-refractivity contribution < 1.29 is 29.7 Å². The first-order chi connectivity index (χ1) is 15.9. The Balaban J connectivity index is 1.71. The van der Waals surface area contributed by atoms with E-state index in [9.17, 15) is 29.7 Å². The van der Waals surface area contributed by atoms with Gasteiger partial charge in [0.15, 0.2) is 11.4 Å². The smallest absolute Gasteiger partial charge is 0.357 e. The minimum atomic E-state index is -1.40. The number of nitrogens with zero attached hydrogens (tertiary/aromatic N) is 4. The fraction of sp³-hybridized carbons (Fsp3) is 0. The number of carbonyl (C=O) groups excluding carboxylic acids is 1. The normalized spacial score (nSPS) is 14.8. The van der Waals surface area contributed by atoms with Crippen LogP contribution < -0.4 is 5.01 Å². The molecule has 1 amide bonds. The van der Waals surface area contributed by atoms with Gasteiger partial charge in [0.2, 0.25) is 5.88 Å². The Morgan fingerprint density at radius 2 is 1.48 bits per heavy atom. The van der Waals surface area contributed by atoms with Crippen LogP contribution in [0.3, 0.4) is 0 Å². The Kier molecular flexibility index (Phi) is 5.56. The van der Waals surface area contributed by atoms with Crippen molar-refractivity contribution in [2.24, 2.45) is 5.10 Å². The lowest BCUT2D eigenvalue weighted by Crippen LogP contribution is -2.22. The van der Waals surface area contributed by atoms with Crippen LogP contribution >= 0.6 is 0 Å². The van der Waals surface area contributed by atoms with Crippen molar-refractivity contribution >= 4 is 35.3 Å². The van der Waals surface area contributed by atoms with Gasteiger partial charge in [-0.1, -0.05) is 42.5 Å². The van der Waals surface area contributed by atoms with Crippen molar-refractivity contribution in [3.63, 3.8) is 0 Å². The minimum absolute atomic E-state index is 0.109. The predicted molar refractivity (Wildman–Crippen MR) is 118 cm³/mol. The number of aromatic nitrogens is 2. The molecule has 1 aromatic heterocycles. The first-order valence-corrected chi connectivity index (χ1v) is 9.59. The van der Waals surface area contributed by atoms with E-state index in [1.807, 2.05) is 0 Å². The number of aliphatic carboxylic acids is 1. The van der Waals surface area contributed by atoms with Gasteiger partial charge in [-0.05, 0) is 36.4 Å². The number of para-hydroxylation sites is 2. The lowest BCUT2D eigenvalue weighted by Gasteiger charge is -2.10.